The summed E-state index contributed by atoms with van der Waals surface area (Å²) < 4.78 is 36.6. The number of anilines is 1. The van der Waals surface area contributed by atoms with Crippen molar-refractivity contribution < 1.29 is 23.0 Å². The van der Waals surface area contributed by atoms with Gasteiger partial charge in [0, 0.05) is 25.5 Å². The van der Waals surface area contributed by atoms with E-state index in [1.54, 1.807) is 25.3 Å². The molecule has 30 heavy (non-hydrogen) atoms. The topological polar surface area (TPSA) is 78.3 Å². The lowest BCUT2D eigenvalue weighted by atomic mass is 10.2. The van der Waals surface area contributed by atoms with Gasteiger partial charge in [-0.15, -0.1) is 0 Å². The van der Waals surface area contributed by atoms with Crippen molar-refractivity contribution in [2.75, 3.05) is 11.9 Å². The number of nitrogens with one attached hydrogen (secondary N) is 1. The van der Waals surface area contributed by atoms with Crippen LogP contribution in [-0.4, -0.2) is 33.7 Å². The third-order valence-corrected chi connectivity index (χ3v) is 5.03. The fraction of sp³-hybridized carbons (Fsp3) is 0.250. The molecule has 1 amide bonds. The van der Waals surface area contributed by atoms with Gasteiger partial charge in [0.2, 0.25) is 5.91 Å². The Labute approximate surface area is 176 Å². The number of thiazole rings is 1. The van der Waals surface area contributed by atoms with Crippen LogP contribution in [0.15, 0.2) is 36.7 Å². The van der Waals surface area contributed by atoms with Crippen molar-refractivity contribution in [3.05, 3.63) is 47.9 Å². The highest BCUT2D eigenvalue weighted by Gasteiger charge is 2.14. The summed E-state index contributed by atoms with van der Waals surface area (Å²) >= 11 is 1.33. The molecule has 3 rings (SSSR count). The van der Waals surface area contributed by atoms with Crippen molar-refractivity contribution >= 4 is 28.5 Å². The number of hydrogen-bond donors (Lipinski definition) is 1. The van der Waals surface area contributed by atoms with E-state index >= 15 is 0 Å². The van der Waals surface area contributed by atoms with Crippen molar-refractivity contribution in [1.29, 1.82) is 0 Å². The van der Waals surface area contributed by atoms with E-state index < -0.39 is 6.61 Å². The van der Waals surface area contributed by atoms with Gasteiger partial charge in [-0.1, -0.05) is 17.4 Å². The molecule has 10 heteroatoms. The van der Waals surface area contributed by atoms with E-state index in [2.05, 4.69) is 20.0 Å². The standard InChI is InChI=1S/C20H20F2N4O3S/c1-4-28-15-11-13(5-7-14(15)29-19(21)22)6-8-16(27)25-20-24-12(2)17(30-20)18-23-9-10-26(18)3/h5-11,19H,4H2,1-3H3,(H,24,25,27)/b8-6+. The summed E-state index contributed by atoms with van der Waals surface area (Å²) in [6, 6.07) is 4.45. The quantitative estimate of drug-likeness (QED) is 0.528. The number of aryl methyl sites for hydroxylation is 2. The average molecular weight is 434 g/mol. The number of halogens is 2. The van der Waals surface area contributed by atoms with Crippen LogP contribution in [0.25, 0.3) is 16.8 Å². The molecule has 0 aliphatic rings. The van der Waals surface area contributed by atoms with Gasteiger partial charge in [-0.05, 0) is 37.6 Å². The number of hydrogen-bond acceptors (Lipinski definition) is 6. The number of alkyl halides is 2. The molecule has 0 aliphatic carbocycles. The molecular weight excluding hydrogens is 414 g/mol. The number of carbonyl (C=O) groups is 1. The molecule has 0 bridgehead atoms. The summed E-state index contributed by atoms with van der Waals surface area (Å²) in [6.45, 7) is 0.921. The van der Waals surface area contributed by atoms with Gasteiger partial charge in [0.25, 0.3) is 0 Å². The Bertz CT molecular complexity index is 1060. The van der Waals surface area contributed by atoms with Gasteiger partial charge >= 0.3 is 6.61 Å². The van der Waals surface area contributed by atoms with Crippen LogP contribution < -0.4 is 14.8 Å². The summed E-state index contributed by atoms with van der Waals surface area (Å²) in [4.78, 5) is 21.8. The number of nitrogens with zero attached hydrogens (tertiary/aromatic N) is 3. The molecular formula is C20H20F2N4O3S. The number of rotatable bonds is 8. The molecule has 7 nitrogen and oxygen atoms in total. The van der Waals surface area contributed by atoms with E-state index in [1.807, 2.05) is 24.7 Å². The fourth-order valence-corrected chi connectivity index (χ4v) is 3.66. The Balaban J connectivity index is 1.70. The number of amides is 1. The van der Waals surface area contributed by atoms with Crippen LogP contribution in [0.5, 0.6) is 11.5 Å². The highest BCUT2D eigenvalue weighted by molar-refractivity contribution is 7.19. The lowest BCUT2D eigenvalue weighted by Crippen LogP contribution is -2.07. The molecule has 0 saturated carbocycles. The molecule has 2 aromatic heterocycles. The zero-order chi connectivity index (χ0) is 21.7. The molecule has 0 atom stereocenters. The zero-order valence-corrected chi connectivity index (χ0v) is 17.4. The van der Waals surface area contributed by atoms with Crippen molar-refractivity contribution in [1.82, 2.24) is 14.5 Å². The number of aromatic nitrogens is 3. The van der Waals surface area contributed by atoms with Crippen molar-refractivity contribution in [2.45, 2.75) is 20.5 Å². The van der Waals surface area contributed by atoms with Gasteiger partial charge in [-0.3, -0.25) is 10.1 Å². The smallest absolute Gasteiger partial charge is 0.387 e. The molecule has 0 saturated heterocycles. The van der Waals surface area contributed by atoms with Crippen LogP contribution in [-0.2, 0) is 11.8 Å². The van der Waals surface area contributed by atoms with Gasteiger partial charge in [-0.25, -0.2) is 9.97 Å². The largest absolute Gasteiger partial charge is 0.490 e. The van der Waals surface area contributed by atoms with Gasteiger partial charge in [0.15, 0.2) is 22.5 Å². The average Bonchev–Trinajstić information content (AvgIpc) is 3.26. The lowest BCUT2D eigenvalue weighted by molar-refractivity contribution is -0.111. The van der Waals surface area contributed by atoms with Crippen LogP contribution in [0.1, 0.15) is 18.2 Å². The maximum Gasteiger partial charge on any atom is 0.387 e. The molecule has 2 heterocycles. The first kappa shape index (κ1) is 21.4. The lowest BCUT2D eigenvalue weighted by Gasteiger charge is -2.11. The predicted octanol–water partition coefficient (Wildman–Crippen LogP) is 4.50. The van der Waals surface area contributed by atoms with Crippen molar-refractivity contribution in [3.63, 3.8) is 0 Å². The maximum absolute atomic E-state index is 12.5. The summed E-state index contributed by atoms with van der Waals surface area (Å²) in [5, 5.41) is 3.18. The predicted molar refractivity (Wildman–Crippen MR) is 111 cm³/mol. The van der Waals surface area contributed by atoms with Crippen LogP contribution in [0.2, 0.25) is 0 Å². The van der Waals surface area contributed by atoms with Crippen molar-refractivity contribution in [2.24, 2.45) is 7.05 Å². The normalized spacial score (nSPS) is 11.3. The van der Waals surface area contributed by atoms with Crippen LogP contribution in [0.3, 0.4) is 0 Å². The van der Waals surface area contributed by atoms with Gasteiger partial charge in [0.05, 0.1) is 17.2 Å². The molecule has 0 fully saturated rings. The summed E-state index contributed by atoms with van der Waals surface area (Å²) in [6.07, 6.45) is 6.41. The van der Waals surface area contributed by atoms with E-state index in [9.17, 15) is 13.6 Å². The van der Waals surface area contributed by atoms with E-state index in [1.165, 1.54) is 29.5 Å². The third kappa shape index (κ3) is 5.20. The molecule has 0 unspecified atom stereocenters. The Kier molecular flexibility index (Phi) is 6.78. The van der Waals surface area contributed by atoms with Gasteiger partial charge in [-0.2, -0.15) is 8.78 Å². The Morgan fingerprint density at radius 2 is 2.17 bits per heavy atom. The molecule has 158 valence electrons. The first-order valence-electron chi connectivity index (χ1n) is 9.03. The molecule has 1 N–H and O–H groups in total. The summed E-state index contributed by atoms with van der Waals surface area (Å²) in [5.74, 6) is 0.515. The molecule has 0 radical (unpaired) electrons. The molecule has 0 aliphatic heterocycles. The second-order valence-corrected chi connectivity index (χ2v) is 7.13. The summed E-state index contributed by atoms with van der Waals surface area (Å²) in [7, 11) is 1.89. The zero-order valence-electron chi connectivity index (χ0n) is 16.6. The first-order chi connectivity index (χ1) is 14.4. The Morgan fingerprint density at radius 3 is 2.83 bits per heavy atom. The van der Waals surface area contributed by atoms with Crippen LogP contribution >= 0.6 is 11.3 Å². The highest BCUT2D eigenvalue weighted by Crippen LogP contribution is 2.32. The van der Waals surface area contributed by atoms with Crippen LogP contribution in [0, 0.1) is 6.92 Å². The minimum absolute atomic E-state index is 0.0615. The van der Waals surface area contributed by atoms with Crippen LogP contribution in [0.4, 0.5) is 13.9 Å². The molecule has 3 aromatic rings. The summed E-state index contributed by atoms with van der Waals surface area (Å²) in [5.41, 5.74) is 1.36. The minimum Gasteiger partial charge on any atom is -0.490 e. The number of ether oxygens (including phenoxy) is 2. The number of benzene rings is 1. The van der Waals surface area contributed by atoms with E-state index in [4.69, 9.17) is 4.74 Å². The molecule has 1 aromatic carbocycles. The first-order valence-corrected chi connectivity index (χ1v) is 9.85. The monoisotopic (exact) mass is 434 g/mol. The second-order valence-electron chi connectivity index (χ2n) is 6.14. The van der Waals surface area contributed by atoms with E-state index in [0.717, 1.165) is 16.4 Å². The second kappa shape index (κ2) is 9.49. The third-order valence-electron chi connectivity index (χ3n) is 3.96. The minimum atomic E-state index is -2.95. The molecule has 0 spiro atoms. The maximum atomic E-state index is 12.5. The SMILES string of the molecule is CCOc1cc(/C=C/C(=O)Nc2nc(C)c(-c3nccn3C)s2)ccc1OC(F)F. The number of carbonyl (C=O) groups excluding carboxylic acids is 1. The Morgan fingerprint density at radius 1 is 1.37 bits per heavy atom. The van der Waals surface area contributed by atoms with Gasteiger partial charge < -0.3 is 14.0 Å². The van der Waals surface area contributed by atoms with E-state index in [-0.39, 0.29) is 24.0 Å². The van der Waals surface area contributed by atoms with E-state index in [0.29, 0.717) is 10.7 Å². The van der Waals surface area contributed by atoms with Crippen molar-refractivity contribution in [3.8, 4) is 22.2 Å². The number of imidazole rings is 1. The highest BCUT2D eigenvalue weighted by atomic mass is 32.1. The van der Waals surface area contributed by atoms with Gasteiger partial charge in [0.1, 0.15) is 0 Å². The fourth-order valence-electron chi connectivity index (χ4n) is 2.65. The Hall–Kier alpha value is -3.27.